The minimum atomic E-state index is -0.414. The molecule has 5 nitrogen and oxygen atoms in total. The summed E-state index contributed by atoms with van der Waals surface area (Å²) in [6.07, 6.45) is 6.60. The van der Waals surface area contributed by atoms with Gasteiger partial charge in [0, 0.05) is 18.8 Å². The van der Waals surface area contributed by atoms with Gasteiger partial charge in [0.25, 0.3) is 0 Å². The van der Waals surface area contributed by atoms with E-state index in [9.17, 15) is 5.11 Å². The van der Waals surface area contributed by atoms with Crippen molar-refractivity contribution in [3.8, 4) is 0 Å². The SMILES string of the molecule is CCCCCN(CC(O)Cn1cc(N)cn1)C(C)C. The Morgan fingerprint density at radius 1 is 1.42 bits per heavy atom. The highest BCUT2D eigenvalue weighted by molar-refractivity contribution is 5.30. The van der Waals surface area contributed by atoms with Gasteiger partial charge in [0.05, 0.1) is 24.5 Å². The third kappa shape index (κ3) is 6.07. The van der Waals surface area contributed by atoms with Crippen LogP contribution in [0.4, 0.5) is 5.69 Å². The first kappa shape index (κ1) is 16.0. The molecular formula is C14H28N4O. The van der Waals surface area contributed by atoms with Crippen molar-refractivity contribution in [1.82, 2.24) is 14.7 Å². The summed E-state index contributed by atoms with van der Waals surface area (Å²) in [5.74, 6) is 0. The van der Waals surface area contributed by atoms with Crippen molar-refractivity contribution in [2.24, 2.45) is 0 Å². The summed E-state index contributed by atoms with van der Waals surface area (Å²) in [4.78, 5) is 2.33. The fourth-order valence-corrected chi connectivity index (χ4v) is 2.15. The molecule has 0 aliphatic carbocycles. The molecule has 19 heavy (non-hydrogen) atoms. The minimum Gasteiger partial charge on any atom is -0.396 e. The molecule has 0 aliphatic heterocycles. The van der Waals surface area contributed by atoms with Crippen LogP contribution in [-0.2, 0) is 6.54 Å². The molecular weight excluding hydrogens is 240 g/mol. The normalized spacial score (nSPS) is 13.4. The van der Waals surface area contributed by atoms with E-state index in [0.717, 1.165) is 6.54 Å². The summed E-state index contributed by atoms with van der Waals surface area (Å²) in [6.45, 7) is 8.77. The summed E-state index contributed by atoms with van der Waals surface area (Å²) in [5, 5.41) is 14.2. The summed E-state index contributed by atoms with van der Waals surface area (Å²) in [7, 11) is 0. The first-order valence-electron chi connectivity index (χ1n) is 7.23. The van der Waals surface area contributed by atoms with E-state index < -0.39 is 6.10 Å². The fourth-order valence-electron chi connectivity index (χ4n) is 2.15. The molecule has 1 unspecified atom stereocenters. The van der Waals surface area contributed by atoms with Crippen LogP contribution in [-0.4, -0.2) is 45.0 Å². The van der Waals surface area contributed by atoms with Crippen LogP contribution in [0.1, 0.15) is 40.0 Å². The predicted octanol–water partition coefficient (Wildman–Crippen LogP) is 1.73. The number of rotatable bonds is 9. The van der Waals surface area contributed by atoms with E-state index in [2.05, 4.69) is 30.8 Å². The highest BCUT2D eigenvalue weighted by atomic mass is 16.3. The largest absolute Gasteiger partial charge is 0.396 e. The first-order chi connectivity index (χ1) is 9.02. The zero-order valence-corrected chi connectivity index (χ0v) is 12.4. The van der Waals surface area contributed by atoms with Gasteiger partial charge in [-0.3, -0.25) is 9.58 Å². The molecule has 0 radical (unpaired) electrons. The summed E-state index contributed by atoms with van der Waals surface area (Å²) >= 11 is 0. The number of anilines is 1. The Balaban J connectivity index is 2.39. The number of aliphatic hydroxyl groups excluding tert-OH is 1. The molecule has 0 amide bonds. The van der Waals surface area contributed by atoms with Gasteiger partial charge in [-0.1, -0.05) is 19.8 Å². The number of unbranched alkanes of at least 4 members (excludes halogenated alkanes) is 2. The van der Waals surface area contributed by atoms with Gasteiger partial charge in [0.2, 0.25) is 0 Å². The molecule has 1 atom stereocenters. The number of aliphatic hydroxyl groups is 1. The van der Waals surface area contributed by atoms with Gasteiger partial charge in [-0.25, -0.2) is 0 Å². The Morgan fingerprint density at radius 3 is 2.68 bits per heavy atom. The lowest BCUT2D eigenvalue weighted by Gasteiger charge is -2.28. The minimum absolute atomic E-state index is 0.414. The Labute approximate surface area is 116 Å². The molecule has 1 aromatic heterocycles. The predicted molar refractivity (Wildman–Crippen MR) is 78.9 cm³/mol. The lowest BCUT2D eigenvalue weighted by atomic mass is 10.2. The van der Waals surface area contributed by atoms with Crippen LogP contribution in [0.25, 0.3) is 0 Å². The molecule has 0 spiro atoms. The zero-order chi connectivity index (χ0) is 14.3. The van der Waals surface area contributed by atoms with E-state index >= 15 is 0 Å². The van der Waals surface area contributed by atoms with Gasteiger partial charge in [-0.2, -0.15) is 5.10 Å². The standard InChI is InChI=1S/C14H28N4O/c1-4-5-6-7-17(12(2)3)10-14(19)11-18-9-13(15)8-16-18/h8-9,12,14,19H,4-7,10-11,15H2,1-3H3. The van der Waals surface area contributed by atoms with Crippen molar-refractivity contribution >= 4 is 5.69 Å². The van der Waals surface area contributed by atoms with Gasteiger partial charge in [0.15, 0.2) is 0 Å². The van der Waals surface area contributed by atoms with Crippen LogP contribution in [0, 0.1) is 0 Å². The maximum Gasteiger partial charge on any atom is 0.0862 e. The summed E-state index contributed by atoms with van der Waals surface area (Å²) in [5.41, 5.74) is 6.24. The van der Waals surface area contributed by atoms with Crippen molar-refractivity contribution in [1.29, 1.82) is 0 Å². The Kier molecular flexibility index (Phi) is 6.87. The quantitative estimate of drug-likeness (QED) is 0.669. The van der Waals surface area contributed by atoms with Crippen LogP contribution in [0.2, 0.25) is 0 Å². The molecule has 0 fully saturated rings. The van der Waals surface area contributed by atoms with E-state index in [1.807, 2.05) is 0 Å². The smallest absolute Gasteiger partial charge is 0.0862 e. The second kappa shape index (κ2) is 8.17. The van der Waals surface area contributed by atoms with Gasteiger partial charge in [-0.15, -0.1) is 0 Å². The van der Waals surface area contributed by atoms with Crippen LogP contribution >= 0.6 is 0 Å². The Hall–Kier alpha value is -1.07. The second-order valence-electron chi connectivity index (χ2n) is 5.45. The van der Waals surface area contributed by atoms with Crippen molar-refractivity contribution in [3.05, 3.63) is 12.4 Å². The monoisotopic (exact) mass is 268 g/mol. The first-order valence-corrected chi connectivity index (χ1v) is 7.23. The van der Waals surface area contributed by atoms with E-state index in [-0.39, 0.29) is 0 Å². The number of nitrogens with two attached hydrogens (primary N) is 1. The number of nitrogen functional groups attached to an aromatic ring is 1. The van der Waals surface area contributed by atoms with Gasteiger partial charge in [-0.05, 0) is 26.8 Å². The van der Waals surface area contributed by atoms with Crippen molar-refractivity contribution in [2.45, 2.75) is 58.7 Å². The van der Waals surface area contributed by atoms with Crippen LogP contribution in [0.5, 0.6) is 0 Å². The molecule has 0 bridgehead atoms. The second-order valence-corrected chi connectivity index (χ2v) is 5.45. The highest BCUT2D eigenvalue weighted by Crippen LogP contribution is 2.06. The topological polar surface area (TPSA) is 67.3 Å². The van der Waals surface area contributed by atoms with Gasteiger partial charge in [0.1, 0.15) is 0 Å². The molecule has 1 aromatic rings. The Bertz CT molecular complexity index is 351. The fraction of sp³-hybridized carbons (Fsp3) is 0.786. The molecule has 0 aliphatic rings. The van der Waals surface area contributed by atoms with Gasteiger partial charge < -0.3 is 10.8 Å². The van der Waals surface area contributed by atoms with Crippen molar-refractivity contribution in [2.75, 3.05) is 18.8 Å². The molecule has 110 valence electrons. The molecule has 3 N–H and O–H groups in total. The number of hydrogen-bond acceptors (Lipinski definition) is 4. The summed E-state index contributed by atoms with van der Waals surface area (Å²) in [6, 6.07) is 0.453. The highest BCUT2D eigenvalue weighted by Gasteiger charge is 2.15. The number of nitrogens with zero attached hydrogens (tertiary/aromatic N) is 3. The van der Waals surface area contributed by atoms with Crippen LogP contribution in [0.15, 0.2) is 12.4 Å². The van der Waals surface area contributed by atoms with E-state index in [1.54, 1.807) is 17.1 Å². The molecule has 1 rings (SSSR count). The average Bonchev–Trinajstić information content (AvgIpc) is 2.73. The molecule has 0 saturated heterocycles. The third-order valence-electron chi connectivity index (χ3n) is 3.28. The van der Waals surface area contributed by atoms with Gasteiger partial charge >= 0.3 is 0 Å². The molecule has 0 aromatic carbocycles. The number of hydrogen-bond donors (Lipinski definition) is 2. The maximum atomic E-state index is 10.1. The maximum absolute atomic E-state index is 10.1. The Morgan fingerprint density at radius 2 is 2.16 bits per heavy atom. The lowest BCUT2D eigenvalue weighted by Crippen LogP contribution is -2.39. The molecule has 0 saturated carbocycles. The van der Waals surface area contributed by atoms with Crippen LogP contribution < -0.4 is 5.73 Å². The van der Waals surface area contributed by atoms with E-state index in [4.69, 9.17) is 5.73 Å². The average molecular weight is 268 g/mol. The molecule has 5 heteroatoms. The summed E-state index contributed by atoms with van der Waals surface area (Å²) < 4.78 is 1.70. The molecule has 1 heterocycles. The van der Waals surface area contributed by atoms with Crippen LogP contribution in [0.3, 0.4) is 0 Å². The number of aromatic nitrogens is 2. The van der Waals surface area contributed by atoms with Crippen molar-refractivity contribution < 1.29 is 5.11 Å². The third-order valence-corrected chi connectivity index (χ3v) is 3.28. The van der Waals surface area contributed by atoms with E-state index in [0.29, 0.717) is 24.8 Å². The van der Waals surface area contributed by atoms with Crippen molar-refractivity contribution in [3.63, 3.8) is 0 Å². The lowest BCUT2D eigenvalue weighted by molar-refractivity contribution is 0.0793. The zero-order valence-electron chi connectivity index (χ0n) is 12.4. The van der Waals surface area contributed by atoms with E-state index in [1.165, 1.54) is 19.3 Å².